The van der Waals surface area contributed by atoms with E-state index < -0.39 is 5.97 Å². The minimum Gasteiger partial charge on any atom is -0.463 e. The van der Waals surface area contributed by atoms with E-state index in [1.807, 2.05) is 19.2 Å². The molecule has 2 aliphatic rings. The van der Waals surface area contributed by atoms with Gasteiger partial charge in [-0.15, -0.1) is 0 Å². The van der Waals surface area contributed by atoms with Crippen LogP contribution in [0.3, 0.4) is 0 Å². The zero-order chi connectivity index (χ0) is 18.1. The van der Waals surface area contributed by atoms with Crippen molar-refractivity contribution in [1.82, 2.24) is 14.9 Å². The second-order valence-electron chi connectivity index (χ2n) is 6.92. The van der Waals surface area contributed by atoms with E-state index in [0.717, 1.165) is 56.2 Å². The standard InChI is InChI=1S/C19H23N3O4/c1-13-20-11-14-5-10-25-19(17(14)21-13)6-8-22(9-7-19)12-15-3-4-16(26-15)18(23)24-2/h3-4,11H,5-10,12H2,1-2H3. The van der Waals surface area contributed by atoms with Gasteiger partial charge in [0.05, 0.1) is 26.0 Å². The van der Waals surface area contributed by atoms with Crippen LogP contribution in [0.4, 0.5) is 0 Å². The van der Waals surface area contributed by atoms with Gasteiger partial charge >= 0.3 is 5.97 Å². The number of hydrogen-bond donors (Lipinski definition) is 0. The van der Waals surface area contributed by atoms with Crippen molar-refractivity contribution < 1.29 is 18.7 Å². The Morgan fingerprint density at radius 1 is 1.35 bits per heavy atom. The van der Waals surface area contributed by atoms with E-state index in [0.29, 0.717) is 6.54 Å². The lowest BCUT2D eigenvalue weighted by atomic mass is 9.83. The van der Waals surface area contributed by atoms with E-state index >= 15 is 0 Å². The lowest BCUT2D eigenvalue weighted by Gasteiger charge is -2.43. The lowest BCUT2D eigenvalue weighted by molar-refractivity contribution is -0.103. The summed E-state index contributed by atoms with van der Waals surface area (Å²) in [5, 5.41) is 0. The SMILES string of the molecule is COC(=O)c1ccc(CN2CCC3(CC2)OCCc2cnc(C)nc23)o1. The summed E-state index contributed by atoms with van der Waals surface area (Å²) in [6.07, 6.45) is 4.61. The number of methoxy groups -OCH3 is 1. The molecule has 0 unspecified atom stereocenters. The van der Waals surface area contributed by atoms with E-state index in [1.165, 1.54) is 12.7 Å². The van der Waals surface area contributed by atoms with E-state index in [4.69, 9.17) is 14.1 Å². The number of hydrogen-bond acceptors (Lipinski definition) is 7. The Hall–Kier alpha value is -2.25. The molecular weight excluding hydrogens is 334 g/mol. The van der Waals surface area contributed by atoms with Gasteiger partial charge in [0.25, 0.3) is 0 Å². The van der Waals surface area contributed by atoms with Crippen molar-refractivity contribution >= 4 is 5.97 Å². The number of carbonyl (C=O) groups excluding carboxylic acids is 1. The van der Waals surface area contributed by atoms with Gasteiger partial charge in [0.2, 0.25) is 5.76 Å². The largest absolute Gasteiger partial charge is 0.463 e. The van der Waals surface area contributed by atoms with Gasteiger partial charge in [0, 0.05) is 19.3 Å². The Morgan fingerprint density at radius 2 is 2.15 bits per heavy atom. The number of aryl methyl sites for hydroxylation is 1. The predicted molar refractivity (Wildman–Crippen MR) is 92.7 cm³/mol. The van der Waals surface area contributed by atoms with Crippen molar-refractivity contribution in [2.75, 3.05) is 26.8 Å². The molecule has 2 aromatic heterocycles. The number of ether oxygens (including phenoxy) is 2. The Morgan fingerprint density at radius 3 is 2.92 bits per heavy atom. The Kier molecular flexibility index (Phi) is 4.50. The summed E-state index contributed by atoms with van der Waals surface area (Å²) in [7, 11) is 1.35. The van der Waals surface area contributed by atoms with Crippen LogP contribution in [-0.2, 0) is 28.0 Å². The maximum Gasteiger partial charge on any atom is 0.373 e. The van der Waals surface area contributed by atoms with Crippen molar-refractivity contribution in [2.45, 2.75) is 38.3 Å². The number of esters is 1. The summed E-state index contributed by atoms with van der Waals surface area (Å²) in [5.41, 5.74) is 1.99. The molecule has 4 heterocycles. The first-order chi connectivity index (χ1) is 12.6. The third-order valence-electron chi connectivity index (χ3n) is 5.26. The first-order valence-corrected chi connectivity index (χ1v) is 8.96. The van der Waals surface area contributed by atoms with Crippen molar-refractivity contribution in [3.63, 3.8) is 0 Å². The first kappa shape index (κ1) is 17.2. The molecule has 2 aromatic rings. The quantitative estimate of drug-likeness (QED) is 0.780. The molecule has 0 bridgehead atoms. The number of rotatable bonds is 3. The molecule has 138 valence electrons. The van der Waals surface area contributed by atoms with Crippen LogP contribution >= 0.6 is 0 Å². The Bertz CT molecular complexity index is 809. The molecule has 0 radical (unpaired) electrons. The van der Waals surface area contributed by atoms with Crippen LogP contribution in [0.2, 0.25) is 0 Å². The monoisotopic (exact) mass is 357 g/mol. The summed E-state index contributed by atoms with van der Waals surface area (Å²) in [5.74, 6) is 1.36. The molecular formula is C19H23N3O4. The van der Waals surface area contributed by atoms with Crippen molar-refractivity contribution in [3.05, 3.63) is 46.9 Å². The van der Waals surface area contributed by atoms with Crippen molar-refractivity contribution in [1.29, 1.82) is 0 Å². The van der Waals surface area contributed by atoms with Crippen LogP contribution in [0.15, 0.2) is 22.7 Å². The number of piperidine rings is 1. The number of fused-ring (bicyclic) bond motifs is 2. The molecule has 0 N–H and O–H groups in total. The van der Waals surface area contributed by atoms with E-state index in [-0.39, 0.29) is 11.4 Å². The third kappa shape index (κ3) is 3.12. The zero-order valence-corrected chi connectivity index (χ0v) is 15.2. The van der Waals surface area contributed by atoms with Gasteiger partial charge in [-0.25, -0.2) is 14.8 Å². The van der Waals surface area contributed by atoms with E-state index in [2.05, 4.69) is 14.6 Å². The number of nitrogens with zero attached hydrogens (tertiary/aromatic N) is 3. The summed E-state index contributed by atoms with van der Waals surface area (Å²) in [6, 6.07) is 3.49. The predicted octanol–water partition coefficient (Wildman–Crippen LogP) is 2.23. The molecule has 7 heteroatoms. The summed E-state index contributed by atoms with van der Waals surface area (Å²) in [6.45, 7) is 5.09. The van der Waals surface area contributed by atoms with Gasteiger partial charge in [-0.2, -0.15) is 0 Å². The number of likely N-dealkylation sites (tertiary alicyclic amines) is 1. The molecule has 4 rings (SSSR count). The van der Waals surface area contributed by atoms with Crippen LogP contribution in [0.1, 0.15) is 46.2 Å². The second-order valence-corrected chi connectivity index (χ2v) is 6.92. The molecule has 0 amide bonds. The van der Waals surface area contributed by atoms with Gasteiger partial charge in [-0.05, 0) is 43.9 Å². The van der Waals surface area contributed by atoms with Crippen LogP contribution in [0.5, 0.6) is 0 Å². The van der Waals surface area contributed by atoms with Gasteiger partial charge in [0.15, 0.2) is 0 Å². The summed E-state index contributed by atoms with van der Waals surface area (Å²) >= 11 is 0. The molecule has 0 atom stereocenters. The Labute approximate surface area is 152 Å². The highest BCUT2D eigenvalue weighted by Crippen LogP contribution is 2.40. The highest BCUT2D eigenvalue weighted by Gasteiger charge is 2.42. The Balaban J connectivity index is 1.44. The van der Waals surface area contributed by atoms with Crippen LogP contribution < -0.4 is 0 Å². The average molecular weight is 357 g/mol. The van der Waals surface area contributed by atoms with E-state index in [9.17, 15) is 4.79 Å². The fraction of sp³-hybridized carbons (Fsp3) is 0.526. The number of aromatic nitrogens is 2. The average Bonchev–Trinajstić information content (AvgIpc) is 3.12. The van der Waals surface area contributed by atoms with Crippen LogP contribution in [0, 0.1) is 6.92 Å². The minimum atomic E-state index is -0.448. The molecule has 1 saturated heterocycles. The number of furan rings is 1. The van der Waals surface area contributed by atoms with Gasteiger partial charge in [-0.1, -0.05) is 0 Å². The molecule has 0 aromatic carbocycles. The van der Waals surface area contributed by atoms with Gasteiger partial charge in [0.1, 0.15) is 17.2 Å². The molecule has 0 aliphatic carbocycles. The fourth-order valence-electron chi connectivity index (χ4n) is 3.84. The summed E-state index contributed by atoms with van der Waals surface area (Å²) in [4.78, 5) is 22.9. The van der Waals surface area contributed by atoms with Gasteiger partial charge < -0.3 is 13.9 Å². The first-order valence-electron chi connectivity index (χ1n) is 8.96. The van der Waals surface area contributed by atoms with Crippen LogP contribution in [0.25, 0.3) is 0 Å². The smallest absolute Gasteiger partial charge is 0.373 e. The zero-order valence-electron chi connectivity index (χ0n) is 15.2. The molecule has 2 aliphatic heterocycles. The fourth-order valence-corrected chi connectivity index (χ4v) is 3.84. The normalized spacial score (nSPS) is 19.3. The van der Waals surface area contributed by atoms with Crippen LogP contribution in [-0.4, -0.2) is 47.6 Å². The van der Waals surface area contributed by atoms with Crippen molar-refractivity contribution in [3.8, 4) is 0 Å². The topological polar surface area (TPSA) is 77.7 Å². The second kappa shape index (κ2) is 6.81. The van der Waals surface area contributed by atoms with E-state index in [1.54, 1.807) is 6.07 Å². The molecule has 1 spiro atoms. The molecule has 1 fully saturated rings. The highest BCUT2D eigenvalue weighted by atomic mass is 16.5. The molecule has 26 heavy (non-hydrogen) atoms. The van der Waals surface area contributed by atoms with Gasteiger partial charge in [-0.3, -0.25) is 4.90 Å². The molecule has 7 nitrogen and oxygen atoms in total. The number of carbonyl (C=O) groups is 1. The minimum absolute atomic E-state index is 0.243. The third-order valence-corrected chi connectivity index (χ3v) is 5.26. The maximum absolute atomic E-state index is 11.5. The maximum atomic E-state index is 11.5. The highest BCUT2D eigenvalue weighted by molar-refractivity contribution is 5.86. The summed E-state index contributed by atoms with van der Waals surface area (Å²) < 4.78 is 16.5. The lowest BCUT2D eigenvalue weighted by Crippen LogP contribution is -2.47. The van der Waals surface area contributed by atoms with Crippen molar-refractivity contribution in [2.24, 2.45) is 0 Å². The molecule has 0 saturated carbocycles.